The minimum atomic E-state index is 0.640. The summed E-state index contributed by atoms with van der Waals surface area (Å²) < 4.78 is 0. The van der Waals surface area contributed by atoms with Crippen LogP contribution in [0.2, 0.25) is 0 Å². The summed E-state index contributed by atoms with van der Waals surface area (Å²) in [5.74, 6) is 0.640. The highest BCUT2D eigenvalue weighted by molar-refractivity contribution is 6.18. The Balaban J connectivity index is 3.54. The highest BCUT2D eigenvalue weighted by Crippen LogP contribution is 2.06. The Morgan fingerprint density at radius 2 is 1.82 bits per heavy atom. The van der Waals surface area contributed by atoms with Crippen molar-refractivity contribution in [1.29, 1.82) is 0 Å². The number of alkyl halides is 1. The van der Waals surface area contributed by atoms with E-state index >= 15 is 0 Å². The molecule has 64 valence electrons. The Hall–Kier alpha value is -0.230. The van der Waals surface area contributed by atoms with E-state index in [9.17, 15) is 0 Å². The predicted molar refractivity (Wildman–Crippen MR) is 53.1 cm³/mol. The van der Waals surface area contributed by atoms with Crippen LogP contribution in [0.3, 0.4) is 0 Å². The van der Waals surface area contributed by atoms with Crippen molar-refractivity contribution in [1.82, 2.24) is 0 Å². The zero-order valence-corrected chi connectivity index (χ0v) is 8.41. The van der Waals surface area contributed by atoms with E-state index in [4.69, 9.17) is 11.6 Å². The topological polar surface area (TPSA) is 0 Å². The maximum absolute atomic E-state index is 5.55. The summed E-state index contributed by atoms with van der Waals surface area (Å²) >= 11 is 5.55. The van der Waals surface area contributed by atoms with Crippen LogP contribution in [0.1, 0.15) is 33.6 Å². The maximum Gasteiger partial charge on any atom is 0.0406 e. The zero-order chi connectivity index (χ0) is 8.69. The van der Waals surface area contributed by atoms with Gasteiger partial charge in [-0.25, -0.2) is 0 Å². The summed E-state index contributed by atoms with van der Waals surface area (Å²) in [6, 6.07) is 0. The van der Waals surface area contributed by atoms with Crippen molar-refractivity contribution in [3.63, 3.8) is 0 Å². The van der Waals surface area contributed by atoms with E-state index in [1.54, 1.807) is 0 Å². The molecular formula is C10H17Cl. The molecule has 0 fully saturated rings. The molecule has 0 saturated carbocycles. The molecule has 0 bridgehead atoms. The molecule has 11 heavy (non-hydrogen) atoms. The van der Waals surface area contributed by atoms with Gasteiger partial charge in [0.15, 0.2) is 0 Å². The van der Waals surface area contributed by atoms with Crippen molar-refractivity contribution in [2.75, 3.05) is 5.88 Å². The van der Waals surface area contributed by atoms with Gasteiger partial charge in [0.2, 0.25) is 0 Å². The summed E-state index contributed by atoms with van der Waals surface area (Å²) in [5, 5.41) is 0. The van der Waals surface area contributed by atoms with Gasteiger partial charge in [0.1, 0.15) is 0 Å². The second-order valence-electron chi connectivity index (χ2n) is 3.02. The lowest BCUT2D eigenvalue weighted by atomic mass is 10.1. The van der Waals surface area contributed by atoms with Crippen LogP contribution in [0, 0.1) is 0 Å². The van der Waals surface area contributed by atoms with Crippen LogP contribution in [0.25, 0.3) is 0 Å². The number of hydrogen-bond donors (Lipinski definition) is 0. The molecule has 0 saturated heterocycles. The van der Waals surface area contributed by atoms with Crippen molar-refractivity contribution in [2.24, 2.45) is 0 Å². The van der Waals surface area contributed by atoms with E-state index in [0.29, 0.717) is 5.88 Å². The third-order valence-electron chi connectivity index (χ3n) is 1.52. The van der Waals surface area contributed by atoms with Gasteiger partial charge in [-0.1, -0.05) is 23.3 Å². The van der Waals surface area contributed by atoms with Crippen LogP contribution in [-0.4, -0.2) is 5.88 Å². The summed E-state index contributed by atoms with van der Waals surface area (Å²) in [6.45, 7) is 6.38. The van der Waals surface area contributed by atoms with Crippen molar-refractivity contribution in [3.8, 4) is 0 Å². The van der Waals surface area contributed by atoms with Crippen LogP contribution < -0.4 is 0 Å². The first-order valence-electron chi connectivity index (χ1n) is 4.01. The number of rotatable bonds is 4. The minimum absolute atomic E-state index is 0.640. The smallest absolute Gasteiger partial charge is 0.0406 e. The fourth-order valence-electron chi connectivity index (χ4n) is 0.822. The molecule has 0 N–H and O–H groups in total. The molecule has 0 aromatic heterocycles. The third kappa shape index (κ3) is 7.67. The van der Waals surface area contributed by atoms with Crippen molar-refractivity contribution >= 4 is 11.6 Å². The lowest BCUT2D eigenvalue weighted by Gasteiger charge is -1.96. The quantitative estimate of drug-likeness (QED) is 0.446. The molecule has 0 aliphatic rings. The number of halogens is 1. The summed E-state index contributed by atoms with van der Waals surface area (Å²) in [5.41, 5.74) is 2.78. The second kappa shape index (κ2) is 6.48. The van der Waals surface area contributed by atoms with Gasteiger partial charge < -0.3 is 0 Å². The van der Waals surface area contributed by atoms with E-state index in [1.165, 1.54) is 11.1 Å². The van der Waals surface area contributed by atoms with Gasteiger partial charge in [-0.15, -0.1) is 11.6 Å². The Morgan fingerprint density at radius 1 is 1.18 bits per heavy atom. The highest BCUT2D eigenvalue weighted by Gasteiger charge is 1.86. The Kier molecular flexibility index (Phi) is 6.34. The van der Waals surface area contributed by atoms with Crippen LogP contribution in [0.5, 0.6) is 0 Å². The second-order valence-corrected chi connectivity index (χ2v) is 3.33. The molecule has 0 aromatic carbocycles. The largest absolute Gasteiger partial charge is 0.122 e. The fourth-order valence-corrected chi connectivity index (χ4v) is 1.09. The lowest BCUT2D eigenvalue weighted by Crippen LogP contribution is -1.77. The molecule has 0 aliphatic heterocycles. The van der Waals surface area contributed by atoms with Crippen molar-refractivity contribution in [3.05, 3.63) is 23.3 Å². The number of allylic oxidation sites excluding steroid dienone is 4. The molecule has 0 aromatic rings. The molecule has 0 amide bonds. The average molecular weight is 173 g/mol. The molecule has 0 spiro atoms. The Labute approximate surface area is 74.9 Å². The average Bonchev–Trinajstić information content (AvgIpc) is 1.87. The Bertz CT molecular complexity index is 150. The molecule has 1 heteroatoms. The first kappa shape index (κ1) is 10.8. The summed E-state index contributed by atoms with van der Waals surface area (Å²) in [7, 11) is 0. The van der Waals surface area contributed by atoms with E-state index in [0.717, 1.165) is 12.8 Å². The van der Waals surface area contributed by atoms with Crippen LogP contribution in [-0.2, 0) is 0 Å². The molecule has 0 radical (unpaired) electrons. The van der Waals surface area contributed by atoms with Gasteiger partial charge in [-0.2, -0.15) is 0 Å². The molecular weight excluding hydrogens is 156 g/mol. The van der Waals surface area contributed by atoms with Gasteiger partial charge in [0.25, 0.3) is 0 Å². The van der Waals surface area contributed by atoms with Crippen LogP contribution >= 0.6 is 11.6 Å². The molecule has 0 atom stereocenters. The maximum atomic E-state index is 5.55. The third-order valence-corrected chi connectivity index (χ3v) is 1.67. The van der Waals surface area contributed by atoms with Crippen LogP contribution in [0.4, 0.5) is 0 Å². The SMILES string of the molecule is CC(C)=CCCC(C)=CCCl. The van der Waals surface area contributed by atoms with E-state index in [-0.39, 0.29) is 0 Å². The van der Waals surface area contributed by atoms with Crippen LogP contribution in [0.15, 0.2) is 23.3 Å². The van der Waals surface area contributed by atoms with Gasteiger partial charge in [0.05, 0.1) is 0 Å². The molecule has 0 unspecified atom stereocenters. The van der Waals surface area contributed by atoms with Crippen molar-refractivity contribution in [2.45, 2.75) is 33.6 Å². The summed E-state index contributed by atoms with van der Waals surface area (Å²) in [6.07, 6.45) is 6.60. The molecule has 0 rings (SSSR count). The monoisotopic (exact) mass is 172 g/mol. The van der Waals surface area contributed by atoms with E-state index < -0.39 is 0 Å². The standard InChI is InChI=1S/C10H17Cl/c1-9(2)5-4-6-10(3)7-8-11/h5,7H,4,6,8H2,1-3H3. The summed E-state index contributed by atoms with van der Waals surface area (Å²) in [4.78, 5) is 0. The first-order chi connectivity index (χ1) is 5.16. The van der Waals surface area contributed by atoms with Crippen molar-refractivity contribution < 1.29 is 0 Å². The normalized spacial score (nSPS) is 11.5. The molecule has 0 nitrogen and oxygen atoms in total. The van der Waals surface area contributed by atoms with E-state index in [1.807, 2.05) is 0 Å². The minimum Gasteiger partial charge on any atom is -0.122 e. The van der Waals surface area contributed by atoms with E-state index in [2.05, 4.69) is 32.9 Å². The molecule has 0 heterocycles. The molecule has 0 aliphatic carbocycles. The highest BCUT2D eigenvalue weighted by atomic mass is 35.5. The lowest BCUT2D eigenvalue weighted by molar-refractivity contribution is 0.964. The van der Waals surface area contributed by atoms with Gasteiger partial charge in [-0.05, 0) is 33.6 Å². The van der Waals surface area contributed by atoms with Gasteiger partial charge in [-0.3, -0.25) is 0 Å². The number of hydrogen-bond acceptors (Lipinski definition) is 0. The predicted octanol–water partition coefficient (Wildman–Crippen LogP) is 3.92. The van der Waals surface area contributed by atoms with Gasteiger partial charge >= 0.3 is 0 Å². The zero-order valence-electron chi connectivity index (χ0n) is 7.65. The Morgan fingerprint density at radius 3 is 2.27 bits per heavy atom. The fraction of sp³-hybridized carbons (Fsp3) is 0.600. The first-order valence-corrected chi connectivity index (χ1v) is 4.55. The van der Waals surface area contributed by atoms with Gasteiger partial charge in [0, 0.05) is 5.88 Å².